The van der Waals surface area contributed by atoms with Crippen molar-refractivity contribution in [3.05, 3.63) is 83.2 Å². The van der Waals surface area contributed by atoms with Crippen LogP contribution >= 0.6 is 0 Å². The standard InChI is InChI=1S/C31H32N2O7/c1-3-4-5-14-38-23-8-6-21(17-25(23)37-2)28-27(29(34)22-7-9-24-26(18-22)40-16-15-39-24)30(35)31(36)33(28)19-20-10-12-32-13-11-20/h6-13,17-18,28,34H,3-5,14-16,19H2,1-2H3/t28-/m1/s1. The van der Waals surface area contributed by atoms with Crippen LogP contribution in [0.4, 0.5) is 0 Å². The van der Waals surface area contributed by atoms with Crippen molar-refractivity contribution in [2.75, 3.05) is 26.9 Å². The molecule has 9 heteroatoms. The molecule has 1 fully saturated rings. The molecule has 5 rings (SSSR count). The summed E-state index contributed by atoms with van der Waals surface area (Å²) in [6, 6.07) is 13.0. The normalized spacial score (nSPS) is 17.6. The Balaban J connectivity index is 1.58. The van der Waals surface area contributed by atoms with E-state index in [9.17, 15) is 14.7 Å². The van der Waals surface area contributed by atoms with Crippen LogP contribution < -0.4 is 18.9 Å². The Labute approximate surface area is 233 Å². The van der Waals surface area contributed by atoms with Gasteiger partial charge in [-0.2, -0.15) is 0 Å². The first kappa shape index (κ1) is 27.1. The van der Waals surface area contributed by atoms with Crippen LogP contribution in [0.2, 0.25) is 0 Å². The molecule has 2 aliphatic rings. The Bertz CT molecular complexity index is 1420. The van der Waals surface area contributed by atoms with Gasteiger partial charge in [0.1, 0.15) is 19.0 Å². The van der Waals surface area contributed by atoms with Gasteiger partial charge in [-0.3, -0.25) is 14.6 Å². The van der Waals surface area contributed by atoms with E-state index in [4.69, 9.17) is 18.9 Å². The molecule has 0 spiro atoms. The van der Waals surface area contributed by atoms with Gasteiger partial charge in [-0.25, -0.2) is 0 Å². The molecule has 9 nitrogen and oxygen atoms in total. The molecular formula is C31H32N2O7. The summed E-state index contributed by atoms with van der Waals surface area (Å²) in [6.07, 6.45) is 6.32. The Morgan fingerprint density at radius 1 is 1.00 bits per heavy atom. The fourth-order valence-corrected chi connectivity index (χ4v) is 4.93. The van der Waals surface area contributed by atoms with Crippen LogP contribution in [0.15, 0.2) is 66.5 Å². The number of aromatic nitrogens is 1. The van der Waals surface area contributed by atoms with Crippen molar-refractivity contribution in [2.45, 2.75) is 38.8 Å². The van der Waals surface area contributed by atoms with Gasteiger partial charge in [-0.15, -0.1) is 0 Å². The van der Waals surface area contributed by atoms with E-state index in [1.54, 1.807) is 68.0 Å². The number of nitrogens with zero attached hydrogens (tertiary/aromatic N) is 2. The maximum atomic E-state index is 13.5. The number of ether oxygens (including phenoxy) is 4. The number of pyridine rings is 1. The number of aliphatic hydroxyl groups excluding tert-OH is 1. The lowest BCUT2D eigenvalue weighted by molar-refractivity contribution is -0.140. The van der Waals surface area contributed by atoms with Gasteiger partial charge in [0.25, 0.3) is 11.7 Å². The van der Waals surface area contributed by atoms with E-state index in [-0.39, 0.29) is 17.9 Å². The second-order valence-electron chi connectivity index (χ2n) is 9.61. The molecule has 0 radical (unpaired) electrons. The van der Waals surface area contributed by atoms with Crippen LogP contribution in [0.3, 0.4) is 0 Å². The molecule has 3 aromatic rings. The van der Waals surface area contributed by atoms with Crippen LogP contribution in [-0.4, -0.2) is 53.6 Å². The average molecular weight is 545 g/mol. The van der Waals surface area contributed by atoms with E-state index in [0.717, 1.165) is 24.8 Å². The highest BCUT2D eigenvalue weighted by Gasteiger charge is 2.46. The lowest BCUT2D eigenvalue weighted by Gasteiger charge is -2.26. The van der Waals surface area contributed by atoms with E-state index in [1.165, 1.54) is 4.90 Å². The van der Waals surface area contributed by atoms with Gasteiger partial charge in [0.15, 0.2) is 23.0 Å². The third-order valence-corrected chi connectivity index (χ3v) is 6.97. The number of Topliss-reactive ketones (excluding diaryl/α,β-unsaturated/α-hetero) is 1. The minimum Gasteiger partial charge on any atom is -0.507 e. The predicted octanol–water partition coefficient (Wildman–Crippen LogP) is 5.05. The van der Waals surface area contributed by atoms with Crippen LogP contribution in [-0.2, 0) is 16.1 Å². The summed E-state index contributed by atoms with van der Waals surface area (Å²) in [4.78, 5) is 32.4. The number of fused-ring (bicyclic) bond motifs is 1. The van der Waals surface area contributed by atoms with Crippen molar-refractivity contribution in [3.63, 3.8) is 0 Å². The molecule has 1 atom stereocenters. The maximum absolute atomic E-state index is 13.5. The molecule has 0 unspecified atom stereocenters. The fourth-order valence-electron chi connectivity index (χ4n) is 4.93. The van der Waals surface area contributed by atoms with Crippen molar-refractivity contribution in [2.24, 2.45) is 0 Å². The van der Waals surface area contributed by atoms with Crippen molar-refractivity contribution < 1.29 is 33.6 Å². The lowest BCUT2D eigenvalue weighted by Crippen LogP contribution is -2.29. The van der Waals surface area contributed by atoms with Gasteiger partial charge in [-0.1, -0.05) is 25.8 Å². The molecule has 2 aliphatic heterocycles. The van der Waals surface area contributed by atoms with Crippen LogP contribution in [0, 0.1) is 0 Å². The van der Waals surface area contributed by atoms with Crippen molar-refractivity contribution in [1.82, 2.24) is 9.88 Å². The number of rotatable bonds is 10. The quantitative estimate of drug-likeness (QED) is 0.164. The first-order chi connectivity index (χ1) is 19.5. The summed E-state index contributed by atoms with van der Waals surface area (Å²) < 4.78 is 22.8. The predicted molar refractivity (Wildman–Crippen MR) is 148 cm³/mol. The van der Waals surface area contributed by atoms with E-state index in [1.807, 2.05) is 0 Å². The van der Waals surface area contributed by atoms with Crippen molar-refractivity contribution in [3.8, 4) is 23.0 Å². The van der Waals surface area contributed by atoms with Gasteiger partial charge in [0.2, 0.25) is 0 Å². The molecule has 1 aromatic heterocycles. The highest BCUT2D eigenvalue weighted by atomic mass is 16.6. The zero-order valence-electron chi connectivity index (χ0n) is 22.6. The topological polar surface area (TPSA) is 107 Å². The number of ketones is 1. The molecule has 0 bridgehead atoms. The zero-order valence-corrected chi connectivity index (χ0v) is 22.6. The van der Waals surface area contributed by atoms with Gasteiger partial charge >= 0.3 is 0 Å². The van der Waals surface area contributed by atoms with Gasteiger partial charge in [0, 0.05) is 24.5 Å². The first-order valence-corrected chi connectivity index (χ1v) is 13.4. The fraction of sp³-hybridized carbons (Fsp3) is 0.323. The van der Waals surface area contributed by atoms with Gasteiger partial charge in [-0.05, 0) is 60.0 Å². The van der Waals surface area contributed by atoms with E-state index < -0.39 is 17.7 Å². The zero-order chi connectivity index (χ0) is 28.1. The summed E-state index contributed by atoms with van der Waals surface area (Å²) in [5.74, 6) is 0.283. The van der Waals surface area contributed by atoms with Crippen molar-refractivity contribution in [1.29, 1.82) is 0 Å². The number of hydrogen-bond donors (Lipinski definition) is 1. The number of benzene rings is 2. The Kier molecular flexibility index (Phi) is 8.19. The first-order valence-electron chi connectivity index (χ1n) is 13.4. The van der Waals surface area contributed by atoms with E-state index in [0.29, 0.717) is 53.9 Å². The number of aliphatic hydroxyl groups is 1. The highest BCUT2D eigenvalue weighted by Crippen LogP contribution is 2.43. The second kappa shape index (κ2) is 12.1. The molecular weight excluding hydrogens is 512 g/mol. The number of amides is 1. The number of hydrogen-bond acceptors (Lipinski definition) is 8. The molecule has 1 amide bonds. The number of likely N-dealkylation sites (tertiary alicyclic amines) is 1. The lowest BCUT2D eigenvalue weighted by atomic mass is 9.94. The molecule has 208 valence electrons. The number of carbonyl (C=O) groups is 2. The van der Waals surface area contributed by atoms with E-state index in [2.05, 4.69) is 11.9 Å². The smallest absolute Gasteiger partial charge is 0.295 e. The maximum Gasteiger partial charge on any atom is 0.295 e. The van der Waals surface area contributed by atoms with Gasteiger partial charge < -0.3 is 29.0 Å². The second-order valence-corrected chi connectivity index (χ2v) is 9.61. The van der Waals surface area contributed by atoms with Gasteiger partial charge in [0.05, 0.1) is 25.3 Å². The largest absolute Gasteiger partial charge is 0.507 e. The molecule has 0 saturated carbocycles. The summed E-state index contributed by atoms with van der Waals surface area (Å²) in [5, 5.41) is 11.5. The number of methoxy groups -OCH3 is 1. The SMILES string of the molecule is CCCCCOc1ccc([C@@H]2C(=C(O)c3ccc4c(c3)OCCO4)C(=O)C(=O)N2Cc2ccncc2)cc1OC. The number of carbonyl (C=O) groups excluding carboxylic acids is 2. The van der Waals surface area contributed by atoms with Crippen LogP contribution in [0.1, 0.15) is 48.9 Å². The summed E-state index contributed by atoms with van der Waals surface area (Å²) in [7, 11) is 1.54. The molecule has 0 aliphatic carbocycles. The summed E-state index contributed by atoms with van der Waals surface area (Å²) in [6.45, 7) is 3.63. The third-order valence-electron chi connectivity index (χ3n) is 6.97. The average Bonchev–Trinajstić information content (AvgIpc) is 3.24. The van der Waals surface area contributed by atoms with E-state index >= 15 is 0 Å². The number of unbranched alkanes of at least 4 members (excludes halogenated alkanes) is 2. The Morgan fingerprint density at radius 2 is 1.77 bits per heavy atom. The monoisotopic (exact) mass is 544 g/mol. The minimum absolute atomic E-state index is 0.0191. The molecule has 3 heterocycles. The summed E-state index contributed by atoms with van der Waals surface area (Å²) in [5.41, 5.74) is 1.72. The molecule has 1 N–H and O–H groups in total. The van der Waals surface area contributed by atoms with Crippen LogP contribution in [0.5, 0.6) is 23.0 Å². The Morgan fingerprint density at radius 3 is 2.52 bits per heavy atom. The highest BCUT2D eigenvalue weighted by molar-refractivity contribution is 6.46. The Hall–Kier alpha value is -4.53. The van der Waals surface area contributed by atoms with Crippen molar-refractivity contribution >= 4 is 17.4 Å². The van der Waals surface area contributed by atoms with Crippen LogP contribution in [0.25, 0.3) is 5.76 Å². The third kappa shape index (κ3) is 5.45. The summed E-state index contributed by atoms with van der Waals surface area (Å²) >= 11 is 0. The molecule has 1 saturated heterocycles. The molecule has 40 heavy (non-hydrogen) atoms. The minimum atomic E-state index is -0.871. The molecule has 2 aromatic carbocycles.